The van der Waals surface area contributed by atoms with Crippen molar-refractivity contribution in [3.05, 3.63) is 0 Å². The Bertz CT molecular complexity index is 281. The third-order valence-electron chi connectivity index (χ3n) is 3.58. The highest BCUT2D eigenvalue weighted by molar-refractivity contribution is 7.92. The smallest absolute Gasteiger partial charge is 0.153 e. The molecule has 2 bridgehead atoms. The van der Waals surface area contributed by atoms with Crippen LogP contribution in [0, 0.1) is 17.8 Å². The lowest BCUT2D eigenvalue weighted by Crippen LogP contribution is -2.28. The van der Waals surface area contributed by atoms with E-state index in [1.807, 2.05) is 0 Å². The molecule has 12 heavy (non-hydrogen) atoms. The lowest BCUT2D eigenvalue weighted by molar-refractivity contribution is 0.249. The summed E-state index contributed by atoms with van der Waals surface area (Å²) in [6.45, 7) is 4.28. The molecule has 0 aromatic rings. The van der Waals surface area contributed by atoms with E-state index in [-0.39, 0.29) is 5.25 Å². The lowest BCUT2D eigenvalue weighted by atomic mass is 9.77. The molecule has 1 saturated carbocycles. The Balaban J connectivity index is 2.34. The van der Waals surface area contributed by atoms with Gasteiger partial charge < -0.3 is 0 Å². The van der Waals surface area contributed by atoms with E-state index in [1.165, 1.54) is 0 Å². The lowest BCUT2D eigenvalue weighted by Gasteiger charge is -2.29. The van der Waals surface area contributed by atoms with Gasteiger partial charge in [0.25, 0.3) is 0 Å². The largest absolute Gasteiger partial charge is 0.229 e. The Kier molecular flexibility index (Phi) is 1.76. The van der Waals surface area contributed by atoms with Crippen molar-refractivity contribution in [1.82, 2.24) is 0 Å². The van der Waals surface area contributed by atoms with Gasteiger partial charge in [-0.3, -0.25) is 0 Å². The zero-order valence-electron chi connectivity index (χ0n) is 7.66. The number of fused-ring (bicyclic) bond motifs is 2. The Labute approximate surface area is 74.3 Å². The van der Waals surface area contributed by atoms with Gasteiger partial charge in [0.05, 0.1) is 11.0 Å². The zero-order chi connectivity index (χ0) is 8.93. The van der Waals surface area contributed by atoms with Crippen LogP contribution in [0.25, 0.3) is 0 Å². The van der Waals surface area contributed by atoms with Crippen LogP contribution >= 0.6 is 0 Å². The van der Waals surface area contributed by atoms with Crippen molar-refractivity contribution in [3.63, 3.8) is 0 Å². The summed E-state index contributed by atoms with van der Waals surface area (Å²) in [5, 5.41) is -0.00810. The van der Waals surface area contributed by atoms with Gasteiger partial charge in [0.15, 0.2) is 9.84 Å². The molecule has 0 aromatic carbocycles. The van der Waals surface area contributed by atoms with Crippen LogP contribution in [0.4, 0.5) is 0 Å². The second kappa shape index (κ2) is 2.47. The molecule has 0 aromatic heterocycles. The molecule has 70 valence electrons. The first-order valence-corrected chi connectivity index (χ1v) is 6.44. The molecular weight excluding hydrogens is 172 g/mol. The van der Waals surface area contributed by atoms with Crippen LogP contribution in [0.15, 0.2) is 0 Å². The maximum atomic E-state index is 11.6. The van der Waals surface area contributed by atoms with Crippen molar-refractivity contribution >= 4 is 9.84 Å². The minimum atomic E-state index is -2.71. The first-order chi connectivity index (χ1) is 5.50. The molecule has 2 aliphatic rings. The minimum Gasteiger partial charge on any atom is -0.229 e. The number of hydrogen-bond acceptors (Lipinski definition) is 2. The van der Waals surface area contributed by atoms with E-state index in [0.717, 1.165) is 12.8 Å². The summed E-state index contributed by atoms with van der Waals surface area (Å²) >= 11 is 0. The highest BCUT2D eigenvalue weighted by atomic mass is 32.2. The van der Waals surface area contributed by atoms with Gasteiger partial charge in [-0.05, 0) is 30.6 Å². The summed E-state index contributed by atoms with van der Waals surface area (Å²) in [6, 6.07) is 0. The van der Waals surface area contributed by atoms with Crippen LogP contribution < -0.4 is 0 Å². The third-order valence-corrected chi connectivity index (χ3v) is 6.01. The molecule has 4 atom stereocenters. The molecular formula is C9H16O2S. The SMILES string of the molecule is CC1CC2CS(=O)(=O)C(C1)C2C. The second-order valence-corrected chi connectivity index (χ2v) is 6.83. The first kappa shape index (κ1) is 8.54. The van der Waals surface area contributed by atoms with Crippen molar-refractivity contribution in [2.75, 3.05) is 5.75 Å². The van der Waals surface area contributed by atoms with Gasteiger partial charge >= 0.3 is 0 Å². The Morgan fingerprint density at radius 2 is 1.83 bits per heavy atom. The van der Waals surface area contributed by atoms with Gasteiger partial charge in [0.1, 0.15) is 0 Å². The molecule has 1 aliphatic carbocycles. The van der Waals surface area contributed by atoms with E-state index in [1.54, 1.807) is 0 Å². The Hall–Kier alpha value is -0.0500. The molecule has 0 amide bonds. The van der Waals surface area contributed by atoms with Crippen molar-refractivity contribution in [3.8, 4) is 0 Å². The quantitative estimate of drug-likeness (QED) is 0.577. The van der Waals surface area contributed by atoms with E-state index in [4.69, 9.17) is 0 Å². The van der Waals surface area contributed by atoms with E-state index in [2.05, 4.69) is 13.8 Å². The third kappa shape index (κ3) is 1.10. The zero-order valence-corrected chi connectivity index (χ0v) is 8.47. The van der Waals surface area contributed by atoms with Gasteiger partial charge in [-0.15, -0.1) is 0 Å². The normalized spacial score (nSPS) is 50.8. The molecule has 1 heterocycles. The molecule has 2 rings (SSSR count). The molecule has 4 unspecified atom stereocenters. The number of rotatable bonds is 0. The maximum Gasteiger partial charge on any atom is 0.153 e. The second-order valence-electron chi connectivity index (χ2n) is 4.56. The van der Waals surface area contributed by atoms with Crippen LogP contribution in [0.3, 0.4) is 0 Å². The summed E-state index contributed by atoms with van der Waals surface area (Å²) in [4.78, 5) is 0. The van der Waals surface area contributed by atoms with Crippen molar-refractivity contribution < 1.29 is 8.42 Å². The minimum absolute atomic E-state index is 0.00810. The van der Waals surface area contributed by atoms with Gasteiger partial charge in [0.2, 0.25) is 0 Å². The monoisotopic (exact) mass is 188 g/mol. The van der Waals surface area contributed by atoms with Crippen molar-refractivity contribution in [2.24, 2.45) is 17.8 Å². The summed E-state index contributed by atoms with van der Waals surface area (Å²) < 4.78 is 23.2. The fourth-order valence-electron chi connectivity index (χ4n) is 2.86. The molecule has 2 fully saturated rings. The predicted molar refractivity (Wildman–Crippen MR) is 48.6 cm³/mol. The summed E-state index contributed by atoms with van der Waals surface area (Å²) in [5.41, 5.74) is 0. The van der Waals surface area contributed by atoms with E-state index in [0.29, 0.717) is 23.5 Å². The molecule has 0 radical (unpaired) electrons. The average Bonchev–Trinajstić information content (AvgIpc) is 2.12. The fraction of sp³-hybridized carbons (Fsp3) is 1.00. The number of hydrogen-bond donors (Lipinski definition) is 0. The highest BCUT2D eigenvalue weighted by Gasteiger charge is 2.48. The average molecular weight is 188 g/mol. The standard InChI is InChI=1S/C9H16O2S/c1-6-3-8-5-12(10,11)9(4-6)7(8)2/h6-9H,3-5H2,1-2H3. The van der Waals surface area contributed by atoms with Crippen molar-refractivity contribution in [2.45, 2.75) is 31.9 Å². The molecule has 0 N–H and O–H groups in total. The maximum absolute atomic E-state index is 11.6. The van der Waals surface area contributed by atoms with Crippen LogP contribution in [0.1, 0.15) is 26.7 Å². The van der Waals surface area contributed by atoms with E-state index < -0.39 is 9.84 Å². The molecule has 1 aliphatic heterocycles. The Morgan fingerprint density at radius 1 is 1.17 bits per heavy atom. The van der Waals surface area contributed by atoms with Gasteiger partial charge in [0, 0.05) is 0 Å². The van der Waals surface area contributed by atoms with E-state index >= 15 is 0 Å². The van der Waals surface area contributed by atoms with Crippen LogP contribution in [0.5, 0.6) is 0 Å². The summed E-state index contributed by atoms with van der Waals surface area (Å²) in [5.74, 6) is 1.96. The first-order valence-electron chi connectivity index (χ1n) is 4.72. The van der Waals surface area contributed by atoms with Gasteiger partial charge in [-0.2, -0.15) is 0 Å². The predicted octanol–water partition coefficient (Wildman–Crippen LogP) is 1.47. The van der Waals surface area contributed by atoms with Gasteiger partial charge in [-0.25, -0.2) is 8.42 Å². The number of sulfone groups is 1. The molecule has 3 heteroatoms. The molecule has 0 spiro atoms. The summed E-state index contributed by atoms with van der Waals surface area (Å²) in [7, 11) is -2.71. The van der Waals surface area contributed by atoms with Crippen LogP contribution in [-0.4, -0.2) is 19.4 Å². The van der Waals surface area contributed by atoms with E-state index in [9.17, 15) is 8.42 Å². The fourth-order valence-corrected chi connectivity index (χ4v) is 5.64. The molecule has 1 saturated heterocycles. The molecule has 2 nitrogen and oxygen atoms in total. The Morgan fingerprint density at radius 3 is 2.42 bits per heavy atom. The van der Waals surface area contributed by atoms with Crippen LogP contribution in [-0.2, 0) is 9.84 Å². The van der Waals surface area contributed by atoms with Crippen molar-refractivity contribution in [1.29, 1.82) is 0 Å². The summed E-state index contributed by atoms with van der Waals surface area (Å²) in [6.07, 6.45) is 2.02. The van der Waals surface area contributed by atoms with Crippen LogP contribution in [0.2, 0.25) is 0 Å². The highest BCUT2D eigenvalue weighted by Crippen LogP contribution is 2.44. The topological polar surface area (TPSA) is 34.1 Å². The van der Waals surface area contributed by atoms with Gasteiger partial charge in [-0.1, -0.05) is 13.8 Å².